The van der Waals surface area contributed by atoms with E-state index in [1.807, 2.05) is 13.8 Å². The summed E-state index contributed by atoms with van der Waals surface area (Å²) in [6.07, 6.45) is 1.55. The smallest absolute Gasteiger partial charge is 0.326 e. The Morgan fingerprint density at radius 2 is 1.60 bits per heavy atom. The molecule has 0 saturated heterocycles. The number of aliphatic carboxylic acids is 1. The molecule has 2 atom stereocenters. The molecule has 0 aliphatic rings. The van der Waals surface area contributed by atoms with Crippen molar-refractivity contribution in [1.29, 1.82) is 0 Å². The van der Waals surface area contributed by atoms with Gasteiger partial charge >= 0.3 is 5.97 Å². The zero-order chi connectivity index (χ0) is 20.4. The Morgan fingerprint density at radius 3 is 1.88 bits per heavy atom. The van der Waals surface area contributed by atoms with E-state index in [1.54, 1.807) is 13.8 Å². The van der Waals surface area contributed by atoms with Crippen molar-refractivity contribution < 1.29 is 27.9 Å². The van der Waals surface area contributed by atoms with Gasteiger partial charge < -0.3 is 21.9 Å². The highest BCUT2D eigenvalue weighted by Crippen LogP contribution is 2.04. The molecule has 0 aliphatic carbocycles. The van der Waals surface area contributed by atoms with Gasteiger partial charge in [0.2, 0.25) is 11.8 Å². The van der Waals surface area contributed by atoms with Crippen molar-refractivity contribution in [1.82, 2.24) is 5.32 Å². The second kappa shape index (κ2) is 11.8. The van der Waals surface area contributed by atoms with Crippen LogP contribution in [0.4, 0.5) is 0 Å². The van der Waals surface area contributed by atoms with Crippen LogP contribution in [0.3, 0.4) is 0 Å². The van der Waals surface area contributed by atoms with E-state index >= 15 is 0 Å². The summed E-state index contributed by atoms with van der Waals surface area (Å²) in [5.74, 6) is -1.79. The fraction of sp³-hybridized carbons (Fsp3) is 0.800. The fourth-order valence-corrected chi connectivity index (χ4v) is 2.28. The lowest BCUT2D eigenvalue weighted by atomic mass is 10.0. The number of rotatable bonds is 9. The zero-order valence-corrected chi connectivity index (χ0v) is 16.3. The van der Waals surface area contributed by atoms with Gasteiger partial charge in [-0.25, -0.2) is 13.2 Å². The van der Waals surface area contributed by atoms with Crippen LogP contribution >= 0.6 is 0 Å². The molecule has 0 radical (unpaired) electrons. The highest BCUT2D eigenvalue weighted by Gasteiger charge is 2.23. The summed E-state index contributed by atoms with van der Waals surface area (Å²) in [5.41, 5.74) is 9.99. The van der Waals surface area contributed by atoms with Gasteiger partial charge in [-0.2, -0.15) is 0 Å². The maximum absolute atomic E-state index is 11.3. The van der Waals surface area contributed by atoms with E-state index in [-0.39, 0.29) is 29.9 Å². The van der Waals surface area contributed by atoms with Gasteiger partial charge in [-0.05, 0) is 18.3 Å². The van der Waals surface area contributed by atoms with E-state index in [9.17, 15) is 22.8 Å². The first-order chi connectivity index (χ1) is 11.2. The third kappa shape index (κ3) is 15.6. The Balaban J connectivity index is 0. The molecule has 9 nitrogen and oxygen atoms in total. The lowest BCUT2D eigenvalue weighted by Crippen LogP contribution is -2.44. The van der Waals surface area contributed by atoms with Gasteiger partial charge in [0.15, 0.2) is 0 Å². The molecule has 0 bridgehead atoms. The van der Waals surface area contributed by atoms with E-state index in [1.165, 1.54) is 0 Å². The molecule has 0 saturated carbocycles. The van der Waals surface area contributed by atoms with E-state index in [0.29, 0.717) is 6.42 Å². The van der Waals surface area contributed by atoms with Gasteiger partial charge in [0, 0.05) is 12.7 Å². The normalized spacial score (nSPS) is 13.6. The minimum absolute atomic E-state index is 0.0914. The number of carbonyl (C=O) groups excluding carboxylic acids is 2. The third-order valence-electron chi connectivity index (χ3n) is 3.01. The Bertz CT molecular complexity index is 545. The lowest BCUT2D eigenvalue weighted by molar-refractivity contribution is -0.143. The van der Waals surface area contributed by atoms with Crippen LogP contribution in [-0.2, 0) is 24.2 Å². The standard InChI is InChI=1S/C10H19NO3.C5H12N2O3S/c1-6(2)5-8(12)11-9(7(3)4)10(13)14;1-11(9,10)3-2-4(6)5(7)8/h6-7,9H,5H2,1-4H3,(H,11,12)(H,13,14);4H,2-3,6H2,1H3,(H2,7,8)/t9-;4-/m00/s1. The highest BCUT2D eigenvalue weighted by atomic mass is 32.2. The van der Waals surface area contributed by atoms with Crippen molar-refractivity contribution in [2.45, 2.75) is 52.6 Å². The molecular weight excluding hydrogens is 350 g/mol. The van der Waals surface area contributed by atoms with Crippen molar-refractivity contribution in [3.05, 3.63) is 0 Å². The highest BCUT2D eigenvalue weighted by molar-refractivity contribution is 7.90. The largest absolute Gasteiger partial charge is 0.480 e. The van der Waals surface area contributed by atoms with Gasteiger partial charge in [-0.1, -0.05) is 27.7 Å². The summed E-state index contributed by atoms with van der Waals surface area (Å²) >= 11 is 0. The van der Waals surface area contributed by atoms with Crippen LogP contribution in [0.5, 0.6) is 0 Å². The molecule has 10 heteroatoms. The Morgan fingerprint density at radius 1 is 1.12 bits per heavy atom. The van der Waals surface area contributed by atoms with Crippen LogP contribution in [0.1, 0.15) is 40.5 Å². The number of sulfone groups is 1. The molecule has 0 aliphatic heterocycles. The van der Waals surface area contributed by atoms with E-state index in [2.05, 4.69) is 5.32 Å². The predicted molar refractivity (Wildman–Crippen MR) is 95.4 cm³/mol. The molecule has 148 valence electrons. The molecule has 0 unspecified atom stereocenters. The molecule has 6 N–H and O–H groups in total. The van der Waals surface area contributed by atoms with Gasteiger partial charge in [0.1, 0.15) is 15.9 Å². The maximum atomic E-state index is 11.3. The van der Waals surface area contributed by atoms with Crippen molar-refractivity contribution in [2.24, 2.45) is 23.3 Å². The monoisotopic (exact) mass is 381 g/mol. The van der Waals surface area contributed by atoms with Gasteiger partial charge in [-0.3, -0.25) is 9.59 Å². The zero-order valence-electron chi connectivity index (χ0n) is 15.5. The number of amides is 2. The number of carboxylic acids is 1. The molecule has 0 aromatic carbocycles. The number of primary amides is 1. The number of carbonyl (C=O) groups is 3. The van der Waals surface area contributed by atoms with Gasteiger partial charge in [0.25, 0.3) is 0 Å². The number of hydrogen-bond donors (Lipinski definition) is 4. The Hall–Kier alpha value is -1.68. The van der Waals surface area contributed by atoms with E-state index in [4.69, 9.17) is 16.6 Å². The Labute approximate surface area is 149 Å². The first-order valence-electron chi connectivity index (χ1n) is 7.92. The van der Waals surface area contributed by atoms with Crippen LogP contribution in [-0.4, -0.2) is 55.4 Å². The molecule has 0 rings (SSSR count). The van der Waals surface area contributed by atoms with Gasteiger partial charge in [0.05, 0.1) is 11.8 Å². The van der Waals surface area contributed by atoms with Crippen LogP contribution in [0.25, 0.3) is 0 Å². The van der Waals surface area contributed by atoms with E-state index in [0.717, 1.165) is 6.26 Å². The van der Waals surface area contributed by atoms with Crippen LogP contribution in [0.15, 0.2) is 0 Å². The topological polar surface area (TPSA) is 170 Å². The molecule has 0 fully saturated rings. The molecule has 0 heterocycles. The van der Waals surface area contributed by atoms with Crippen molar-refractivity contribution in [3.8, 4) is 0 Å². The van der Waals surface area contributed by atoms with Crippen molar-refractivity contribution in [3.63, 3.8) is 0 Å². The second-order valence-corrected chi connectivity index (χ2v) is 8.91. The second-order valence-electron chi connectivity index (χ2n) is 6.65. The summed E-state index contributed by atoms with van der Waals surface area (Å²) < 4.78 is 21.1. The molecule has 0 spiro atoms. The van der Waals surface area contributed by atoms with Crippen LogP contribution in [0, 0.1) is 11.8 Å². The summed E-state index contributed by atoms with van der Waals surface area (Å²) in [4.78, 5) is 32.4. The number of nitrogens with one attached hydrogen (secondary N) is 1. The first kappa shape index (κ1) is 25.6. The fourth-order valence-electron chi connectivity index (χ4n) is 1.60. The van der Waals surface area contributed by atoms with Crippen LogP contribution in [0.2, 0.25) is 0 Å². The summed E-state index contributed by atoms with van der Waals surface area (Å²) in [7, 11) is -3.04. The summed E-state index contributed by atoms with van der Waals surface area (Å²) in [6, 6.07) is -1.63. The summed E-state index contributed by atoms with van der Waals surface area (Å²) in [5, 5.41) is 11.3. The van der Waals surface area contributed by atoms with Crippen molar-refractivity contribution in [2.75, 3.05) is 12.0 Å². The molecule has 2 amide bonds. The first-order valence-corrected chi connectivity index (χ1v) is 9.98. The maximum Gasteiger partial charge on any atom is 0.326 e. The quantitative estimate of drug-likeness (QED) is 0.417. The van der Waals surface area contributed by atoms with E-state index < -0.39 is 33.8 Å². The summed E-state index contributed by atoms with van der Waals surface area (Å²) in [6.45, 7) is 7.39. The Kier molecular flexibility index (Phi) is 12.1. The van der Waals surface area contributed by atoms with Crippen molar-refractivity contribution >= 4 is 27.6 Å². The minimum Gasteiger partial charge on any atom is -0.480 e. The average molecular weight is 381 g/mol. The molecule has 0 aromatic heterocycles. The number of nitrogens with two attached hydrogens (primary N) is 2. The molecule has 0 aromatic rings. The number of hydrogen-bond acceptors (Lipinski definition) is 6. The lowest BCUT2D eigenvalue weighted by Gasteiger charge is -2.18. The molecular formula is C15H31N3O6S. The number of carboxylic acid groups (broad SMARTS) is 1. The molecule has 25 heavy (non-hydrogen) atoms. The third-order valence-corrected chi connectivity index (χ3v) is 3.99. The van der Waals surface area contributed by atoms with Crippen LogP contribution < -0.4 is 16.8 Å². The minimum atomic E-state index is -3.04. The SMILES string of the molecule is CC(C)CC(=O)N[C@H](C(=O)O)C(C)C.CS(=O)(=O)CC[C@H](N)C(N)=O. The van der Waals surface area contributed by atoms with Gasteiger partial charge in [-0.15, -0.1) is 0 Å². The average Bonchev–Trinajstić information content (AvgIpc) is 2.40. The predicted octanol–water partition coefficient (Wildman–Crippen LogP) is -0.508.